The average Bonchev–Trinajstić information content (AvgIpc) is 2.95. The number of nitrogens with zero attached hydrogens (tertiary/aromatic N) is 1. The summed E-state index contributed by atoms with van der Waals surface area (Å²) in [6.07, 6.45) is -2.16. The predicted molar refractivity (Wildman–Crippen MR) is 107 cm³/mol. The van der Waals surface area contributed by atoms with Gasteiger partial charge in [-0.05, 0) is 12.5 Å². The van der Waals surface area contributed by atoms with E-state index in [1.165, 1.54) is 0 Å². The van der Waals surface area contributed by atoms with Crippen molar-refractivity contribution in [1.29, 1.82) is 0 Å². The van der Waals surface area contributed by atoms with Crippen molar-refractivity contribution < 1.29 is 46.4 Å². The molecule has 5 atom stereocenters. The Balaban J connectivity index is 1.65. The van der Waals surface area contributed by atoms with Crippen molar-refractivity contribution in [3.63, 3.8) is 0 Å². The summed E-state index contributed by atoms with van der Waals surface area (Å²) in [5.74, 6) is -3.06. The quantitative estimate of drug-likeness (QED) is 0.440. The molecule has 0 aromatic heterocycles. The van der Waals surface area contributed by atoms with Crippen LogP contribution in [0.2, 0.25) is 0 Å². The number of carbonyl (C=O) groups is 1. The van der Waals surface area contributed by atoms with Crippen LogP contribution >= 0.6 is 7.82 Å². The second kappa shape index (κ2) is 8.01. The van der Waals surface area contributed by atoms with E-state index in [1.54, 1.807) is 25.1 Å². The lowest BCUT2D eigenvalue weighted by Crippen LogP contribution is -2.47. The molecule has 3 aliphatic rings. The first kappa shape index (κ1) is 18.8. The SMILES string of the molecule is [2H]C([2H])(OP1(=O)OCc2cccc(C)c2O1)[C@@]1(F)O[C@@]([2H])(N2C=C(C#C)C(=O)NC2=C)[C@H](O)[C@@H]1O. The number of aryl methyl sites for hydroxylation is 1. The zero-order valence-electron chi connectivity index (χ0n) is 19.6. The molecular weight excluding hydrogens is 446 g/mol. The molecule has 3 heterocycles. The van der Waals surface area contributed by atoms with Crippen LogP contribution in [-0.4, -0.2) is 51.8 Å². The van der Waals surface area contributed by atoms with E-state index in [0.717, 1.165) is 6.20 Å². The van der Waals surface area contributed by atoms with Gasteiger partial charge in [0.2, 0.25) is 0 Å². The fraction of sp³-hybridized carbons (Fsp3) is 0.350. The number of phosphoric ester groups is 1. The summed E-state index contributed by atoms with van der Waals surface area (Å²) in [5.41, 5.74) is 0.646. The summed E-state index contributed by atoms with van der Waals surface area (Å²) in [6, 6.07) is 4.91. The van der Waals surface area contributed by atoms with E-state index < -0.39 is 44.6 Å². The zero-order valence-corrected chi connectivity index (χ0v) is 17.5. The number of para-hydroxylation sites is 1. The molecule has 170 valence electrons. The number of hydrogen-bond donors (Lipinski definition) is 3. The zero-order chi connectivity index (χ0) is 26.0. The lowest BCUT2D eigenvalue weighted by molar-refractivity contribution is -0.208. The van der Waals surface area contributed by atoms with Crippen LogP contribution in [-0.2, 0) is 29.8 Å². The minimum absolute atomic E-state index is 0.0841. The lowest BCUT2D eigenvalue weighted by Gasteiger charge is -2.33. The summed E-state index contributed by atoms with van der Waals surface area (Å²) in [6.45, 7) is 0.971. The normalized spacial score (nSPS) is 38.4. The van der Waals surface area contributed by atoms with E-state index in [4.69, 9.17) is 28.8 Å². The summed E-state index contributed by atoms with van der Waals surface area (Å²) in [5, 5.41) is 23.1. The molecule has 4 rings (SSSR count). The number of aliphatic hydroxyl groups is 2. The van der Waals surface area contributed by atoms with Gasteiger partial charge >= 0.3 is 7.82 Å². The summed E-state index contributed by atoms with van der Waals surface area (Å²) >= 11 is 0. The number of ether oxygens (including phenoxy) is 1. The highest BCUT2D eigenvalue weighted by Gasteiger charge is 2.58. The van der Waals surface area contributed by atoms with Gasteiger partial charge in [-0.25, -0.2) is 8.96 Å². The highest BCUT2D eigenvalue weighted by atomic mass is 31.2. The van der Waals surface area contributed by atoms with Crippen molar-refractivity contribution in [3.8, 4) is 18.1 Å². The van der Waals surface area contributed by atoms with Crippen molar-refractivity contribution in [2.75, 3.05) is 6.56 Å². The predicted octanol–water partition coefficient (Wildman–Crippen LogP) is 1.19. The van der Waals surface area contributed by atoms with E-state index >= 15 is 4.39 Å². The van der Waals surface area contributed by atoms with Crippen LogP contribution in [0.4, 0.5) is 4.39 Å². The van der Waals surface area contributed by atoms with Gasteiger partial charge in [-0.15, -0.1) is 6.42 Å². The number of benzene rings is 1. The third kappa shape index (κ3) is 3.82. The van der Waals surface area contributed by atoms with Crippen LogP contribution in [0.3, 0.4) is 0 Å². The van der Waals surface area contributed by atoms with E-state index in [9.17, 15) is 19.6 Å². The largest absolute Gasteiger partial charge is 0.530 e. The van der Waals surface area contributed by atoms with Gasteiger partial charge in [0.15, 0.2) is 6.20 Å². The molecule has 10 nitrogen and oxygen atoms in total. The summed E-state index contributed by atoms with van der Waals surface area (Å²) in [7, 11) is -4.82. The van der Waals surface area contributed by atoms with Gasteiger partial charge in [-0.2, -0.15) is 0 Å². The maximum Gasteiger partial charge on any atom is 0.530 e. The van der Waals surface area contributed by atoms with E-state index in [1.807, 2.05) is 5.92 Å². The van der Waals surface area contributed by atoms with Gasteiger partial charge in [0.25, 0.3) is 11.8 Å². The molecule has 1 aromatic rings. The Morgan fingerprint density at radius 3 is 3.06 bits per heavy atom. The molecule has 0 bridgehead atoms. The molecule has 0 saturated carbocycles. The molecule has 0 aliphatic carbocycles. The number of amides is 1. The average molecular weight is 469 g/mol. The Morgan fingerprint density at radius 1 is 1.59 bits per heavy atom. The number of fused-ring (bicyclic) bond motifs is 1. The van der Waals surface area contributed by atoms with Gasteiger partial charge in [-0.3, -0.25) is 13.8 Å². The molecule has 0 radical (unpaired) electrons. The minimum atomic E-state index is -4.82. The van der Waals surface area contributed by atoms with Gasteiger partial charge in [0.05, 0.1) is 10.7 Å². The number of terminal acetylenes is 1. The molecule has 3 aliphatic heterocycles. The topological polar surface area (TPSA) is 127 Å². The Bertz CT molecular complexity index is 1240. The fourth-order valence-electron chi connectivity index (χ4n) is 3.12. The number of alkyl halides is 1. The van der Waals surface area contributed by atoms with Crippen molar-refractivity contribution >= 4 is 13.7 Å². The number of halogens is 1. The Labute approximate surface area is 187 Å². The Kier molecular flexibility index (Phi) is 4.71. The molecule has 0 spiro atoms. The van der Waals surface area contributed by atoms with E-state index in [2.05, 4.69) is 11.9 Å². The first-order chi connectivity index (χ1) is 16.2. The summed E-state index contributed by atoms with van der Waals surface area (Å²) < 4.78 is 73.6. The minimum Gasteiger partial charge on any atom is -0.403 e. The third-order valence-electron chi connectivity index (χ3n) is 4.80. The number of rotatable bonds is 4. The Hall–Kier alpha value is -2.71. The van der Waals surface area contributed by atoms with Crippen molar-refractivity contribution in [2.24, 2.45) is 0 Å². The number of phosphoric acid groups is 1. The second-order valence-electron chi connectivity index (χ2n) is 7.00. The highest BCUT2D eigenvalue weighted by Crippen LogP contribution is 2.56. The Morgan fingerprint density at radius 2 is 2.34 bits per heavy atom. The molecule has 1 aromatic carbocycles. The van der Waals surface area contributed by atoms with E-state index in [0.29, 0.717) is 16.0 Å². The number of hydrogen-bond acceptors (Lipinski definition) is 9. The second-order valence-corrected chi connectivity index (χ2v) is 8.52. The van der Waals surface area contributed by atoms with Crippen molar-refractivity contribution in [3.05, 3.63) is 53.5 Å². The smallest absolute Gasteiger partial charge is 0.403 e. The first-order valence-corrected chi connectivity index (χ1v) is 10.6. The third-order valence-corrected chi connectivity index (χ3v) is 5.97. The maximum atomic E-state index is 16.0. The van der Waals surface area contributed by atoms with Gasteiger partial charge in [-0.1, -0.05) is 30.7 Å². The molecule has 1 saturated heterocycles. The molecule has 1 fully saturated rings. The number of aliphatic hydroxyl groups excluding tert-OH is 2. The van der Waals surface area contributed by atoms with Crippen LogP contribution in [0.5, 0.6) is 5.75 Å². The number of carbonyl (C=O) groups excluding carboxylic acids is 1. The molecule has 1 amide bonds. The molecule has 3 N–H and O–H groups in total. The standard InChI is InChI=1S/C20H20FN2O8P/c1-4-13-8-23(12(3)22-18(13)26)19-15(24)17(25)20(21,30-19)10-29-32(27)28-9-14-7-5-6-11(2)16(14)31-32/h1,5-8,15,17,19,24-25H,3,9-10H2,2H3,(H,22,26)/t15-,17+,19-,20-,32?/m1/s1/i10D2,19D. The summed E-state index contributed by atoms with van der Waals surface area (Å²) in [4.78, 5) is 12.5. The molecule has 12 heteroatoms. The molecule has 1 unspecified atom stereocenters. The van der Waals surface area contributed by atoms with Gasteiger partial charge < -0.3 is 29.7 Å². The van der Waals surface area contributed by atoms with Gasteiger partial charge in [0.1, 0.15) is 35.9 Å². The van der Waals surface area contributed by atoms with Crippen LogP contribution in [0.15, 0.2) is 42.4 Å². The number of nitrogens with one attached hydrogen (secondary N) is 1. The fourth-order valence-corrected chi connectivity index (χ4v) is 4.28. The first-order valence-electron chi connectivity index (χ1n) is 10.6. The molecular formula is C20H20FN2O8P. The maximum absolute atomic E-state index is 16.0. The van der Waals surface area contributed by atoms with Crippen LogP contribution in [0.1, 0.15) is 15.2 Å². The van der Waals surface area contributed by atoms with Crippen LogP contribution in [0, 0.1) is 19.3 Å². The van der Waals surface area contributed by atoms with Crippen molar-refractivity contribution in [2.45, 2.75) is 37.8 Å². The monoisotopic (exact) mass is 469 g/mol. The van der Waals surface area contributed by atoms with E-state index in [-0.39, 0.29) is 23.8 Å². The van der Waals surface area contributed by atoms with Crippen LogP contribution < -0.4 is 9.84 Å². The lowest BCUT2D eigenvalue weighted by atomic mass is 10.1. The van der Waals surface area contributed by atoms with Crippen LogP contribution in [0.25, 0.3) is 0 Å². The highest BCUT2D eigenvalue weighted by molar-refractivity contribution is 7.49. The van der Waals surface area contributed by atoms with Crippen molar-refractivity contribution in [1.82, 2.24) is 10.2 Å². The molecule has 32 heavy (non-hydrogen) atoms. The van der Waals surface area contributed by atoms with Gasteiger partial charge in [0, 0.05) is 11.8 Å².